The van der Waals surface area contributed by atoms with E-state index in [2.05, 4.69) is 10.1 Å². The van der Waals surface area contributed by atoms with Crippen molar-refractivity contribution in [2.24, 2.45) is 10.1 Å². The average molecular weight is 390 g/mol. The lowest BCUT2D eigenvalue weighted by Gasteiger charge is -2.06. The molecule has 0 saturated carbocycles. The van der Waals surface area contributed by atoms with Crippen LogP contribution < -0.4 is 4.80 Å². The highest BCUT2D eigenvalue weighted by molar-refractivity contribution is 7.07. The minimum absolute atomic E-state index is 0.289. The summed E-state index contributed by atoms with van der Waals surface area (Å²) in [6.07, 6.45) is 3.54. The molecule has 6 heteroatoms. The molecule has 0 unspecified atom stereocenters. The Hall–Kier alpha value is -3.25. The molecule has 0 bridgehead atoms. The molecule has 28 heavy (non-hydrogen) atoms. The molecular weight excluding hydrogens is 371 g/mol. The number of para-hydroxylation sites is 1. The minimum Gasteiger partial charge on any atom is -0.360 e. The third-order valence-corrected chi connectivity index (χ3v) is 5.23. The van der Waals surface area contributed by atoms with Crippen molar-refractivity contribution in [1.29, 1.82) is 0 Å². The molecule has 0 aliphatic carbocycles. The van der Waals surface area contributed by atoms with Crippen LogP contribution in [-0.4, -0.2) is 15.9 Å². The Morgan fingerprint density at radius 3 is 2.50 bits per heavy atom. The number of halogens is 1. The summed E-state index contributed by atoms with van der Waals surface area (Å²) < 4.78 is 16.1. The minimum atomic E-state index is -0.289. The predicted octanol–water partition coefficient (Wildman–Crippen LogP) is 5.42. The van der Waals surface area contributed by atoms with E-state index < -0.39 is 0 Å². The van der Waals surface area contributed by atoms with Crippen molar-refractivity contribution in [3.8, 4) is 11.3 Å². The Balaban J connectivity index is 1.92. The van der Waals surface area contributed by atoms with Gasteiger partial charge in [0.2, 0.25) is 4.80 Å². The summed E-state index contributed by atoms with van der Waals surface area (Å²) >= 11 is 1.43. The van der Waals surface area contributed by atoms with Crippen LogP contribution in [0.4, 0.5) is 10.1 Å². The second-order valence-corrected chi connectivity index (χ2v) is 7.25. The lowest BCUT2D eigenvalue weighted by atomic mass is 10.1. The third-order valence-electron chi connectivity index (χ3n) is 4.42. The Bertz CT molecular complexity index is 1180. The highest BCUT2D eigenvalue weighted by atomic mass is 32.1. The summed E-state index contributed by atoms with van der Waals surface area (Å²) in [5.41, 5.74) is 5.09. The van der Waals surface area contributed by atoms with Crippen molar-refractivity contribution in [1.82, 2.24) is 9.66 Å². The topological polar surface area (TPSA) is 45.4 Å². The molecule has 0 fully saturated rings. The molecule has 4 nitrogen and oxygen atoms in total. The number of nitrogens with zero attached hydrogens (tertiary/aromatic N) is 3. The summed E-state index contributed by atoms with van der Waals surface area (Å²) in [4.78, 5) is 8.62. The van der Waals surface area contributed by atoms with E-state index in [9.17, 15) is 4.39 Å². The largest absolute Gasteiger partial charge is 0.360 e. The Morgan fingerprint density at radius 2 is 1.79 bits per heavy atom. The highest BCUT2D eigenvalue weighted by Crippen LogP contribution is 2.25. The predicted molar refractivity (Wildman–Crippen MR) is 113 cm³/mol. The van der Waals surface area contributed by atoms with E-state index >= 15 is 0 Å². The van der Waals surface area contributed by atoms with Gasteiger partial charge in [-0.25, -0.2) is 14.1 Å². The quantitative estimate of drug-likeness (QED) is 0.453. The van der Waals surface area contributed by atoms with Gasteiger partial charge in [-0.1, -0.05) is 30.3 Å². The second-order valence-electron chi connectivity index (χ2n) is 6.42. The van der Waals surface area contributed by atoms with Crippen LogP contribution in [0.2, 0.25) is 0 Å². The van der Waals surface area contributed by atoms with E-state index in [-0.39, 0.29) is 5.82 Å². The molecule has 0 radical (unpaired) electrons. The van der Waals surface area contributed by atoms with Crippen LogP contribution in [0, 0.1) is 19.7 Å². The number of nitrogens with one attached hydrogen (secondary N) is 1. The van der Waals surface area contributed by atoms with E-state index in [0.29, 0.717) is 16.1 Å². The van der Waals surface area contributed by atoms with Gasteiger partial charge in [-0.15, -0.1) is 11.3 Å². The molecule has 0 aliphatic rings. The SMILES string of the molecule is Cc1cccc(C)c1N=c1scc(-c2ccccc2F)n1N=Cc1ccc[nH]1. The van der Waals surface area contributed by atoms with Gasteiger partial charge in [-0.2, -0.15) is 5.10 Å². The molecule has 2 aromatic heterocycles. The number of hydrogen-bond donors (Lipinski definition) is 1. The Morgan fingerprint density at radius 1 is 1.00 bits per heavy atom. The van der Waals surface area contributed by atoms with Crippen LogP contribution in [0.3, 0.4) is 0 Å². The van der Waals surface area contributed by atoms with Crippen LogP contribution in [0.25, 0.3) is 11.3 Å². The van der Waals surface area contributed by atoms with E-state index in [0.717, 1.165) is 22.5 Å². The Kier molecular flexibility index (Phi) is 5.04. The molecule has 2 aromatic carbocycles. The van der Waals surface area contributed by atoms with Crippen molar-refractivity contribution in [3.05, 3.63) is 93.6 Å². The fraction of sp³-hybridized carbons (Fsp3) is 0.0909. The van der Waals surface area contributed by atoms with Crippen molar-refractivity contribution >= 4 is 23.2 Å². The van der Waals surface area contributed by atoms with Gasteiger partial charge in [-0.3, -0.25) is 0 Å². The molecule has 2 heterocycles. The number of aryl methyl sites for hydroxylation is 2. The van der Waals surface area contributed by atoms with Crippen LogP contribution in [0.5, 0.6) is 0 Å². The summed E-state index contributed by atoms with van der Waals surface area (Å²) in [7, 11) is 0. The molecular formula is C22H19FN4S. The summed E-state index contributed by atoms with van der Waals surface area (Å²) in [6.45, 7) is 4.06. The molecule has 4 aromatic rings. The van der Waals surface area contributed by atoms with E-state index in [1.54, 1.807) is 23.0 Å². The van der Waals surface area contributed by atoms with Gasteiger partial charge >= 0.3 is 0 Å². The first-order chi connectivity index (χ1) is 13.6. The first-order valence-electron chi connectivity index (χ1n) is 8.87. The summed E-state index contributed by atoms with van der Waals surface area (Å²) in [5.74, 6) is -0.289. The van der Waals surface area contributed by atoms with Crippen LogP contribution in [0.1, 0.15) is 16.8 Å². The number of rotatable bonds is 4. The first-order valence-corrected chi connectivity index (χ1v) is 9.75. The monoisotopic (exact) mass is 390 g/mol. The molecule has 0 spiro atoms. The van der Waals surface area contributed by atoms with E-state index in [4.69, 9.17) is 4.99 Å². The maximum atomic E-state index is 14.4. The zero-order valence-corrected chi connectivity index (χ0v) is 16.4. The fourth-order valence-corrected chi connectivity index (χ4v) is 3.80. The highest BCUT2D eigenvalue weighted by Gasteiger charge is 2.12. The molecule has 0 saturated heterocycles. The zero-order valence-electron chi connectivity index (χ0n) is 15.6. The maximum absolute atomic E-state index is 14.4. The molecule has 0 atom stereocenters. The first kappa shape index (κ1) is 18.1. The van der Waals surface area contributed by atoms with E-state index in [1.807, 2.05) is 61.8 Å². The maximum Gasteiger partial charge on any atom is 0.211 e. The summed E-state index contributed by atoms with van der Waals surface area (Å²) in [6, 6.07) is 16.6. The van der Waals surface area contributed by atoms with Gasteiger partial charge in [0.1, 0.15) is 5.82 Å². The van der Waals surface area contributed by atoms with Gasteiger partial charge in [-0.05, 0) is 49.2 Å². The standard InChI is InChI=1S/C22H19FN4S/c1-15-7-5-8-16(2)21(15)26-22-27(25-13-17-9-6-12-24-17)20(14-28-22)18-10-3-4-11-19(18)23/h3-14,24H,1-2H3. The van der Waals surface area contributed by atoms with E-state index in [1.165, 1.54) is 17.4 Å². The number of hydrogen-bond acceptors (Lipinski definition) is 3. The molecule has 0 amide bonds. The van der Waals surface area contributed by atoms with Crippen LogP contribution in [0.15, 0.2) is 76.3 Å². The smallest absolute Gasteiger partial charge is 0.211 e. The molecule has 0 aliphatic heterocycles. The van der Waals surface area contributed by atoms with Gasteiger partial charge in [0.25, 0.3) is 0 Å². The third kappa shape index (κ3) is 3.59. The number of benzene rings is 2. The Labute approximate surface area is 166 Å². The molecule has 4 rings (SSSR count). The molecule has 140 valence electrons. The number of thiazole rings is 1. The van der Waals surface area contributed by atoms with Crippen LogP contribution >= 0.6 is 11.3 Å². The van der Waals surface area contributed by atoms with Gasteiger partial charge < -0.3 is 4.98 Å². The van der Waals surface area contributed by atoms with Crippen molar-refractivity contribution in [2.45, 2.75) is 13.8 Å². The fourth-order valence-electron chi connectivity index (χ4n) is 2.97. The average Bonchev–Trinajstić information content (AvgIpc) is 3.33. The normalized spacial score (nSPS) is 12.2. The number of aromatic nitrogens is 2. The second kappa shape index (κ2) is 7.78. The molecule has 1 N–H and O–H groups in total. The lowest BCUT2D eigenvalue weighted by Crippen LogP contribution is -2.12. The van der Waals surface area contributed by atoms with Crippen molar-refractivity contribution in [2.75, 3.05) is 0 Å². The van der Waals surface area contributed by atoms with Crippen molar-refractivity contribution < 1.29 is 4.39 Å². The number of H-pyrrole nitrogens is 1. The van der Waals surface area contributed by atoms with Gasteiger partial charge in [0.15, 0.2) is 0 Å². The van der Waals surface area contributed by atoms with Crippen LogP contribution in [-0.2, 0) is 0 Å². The summed E-state index contributed by atoms with van der Waals surface area (Å²) in [5, 5.41) is 6.48. The van der Waals surface area contributed by atoms with Crippen molar-refractivity contribution in [3.63, 3.8) is 0 Å². The van der Waals surface area contributed by atoms with Gasteiger partial charge in [0, 0.05) is 17.1 Å². The lowest BCUT2D eigenvalue weighted by molar-refractivity contribution is 0.629. The number of aromatic amines is 1. The zero-order chi connectivity index (χ0) is 19.5. The van der Waals surface area contributed by atoms with Gasteiger partial charge in [0.05, 0.1) is 23.3 Å².